The SMILES string of the molecule is COc1ccccc1NC(=O)c1cc2cccc(OC)c2cc1O. The van der Waals surface area contributed by atoms with Gasteiger partial charge in [-0.1, -0.05) is 24.3 Å². The number of fused-ring (bicyclic) bond motifs is 1. The molecule has 0 spiro atoms. The predicted molar refractivity (Wildman–Crippen MR) is 93.1 cm³/mol. The number of nitrogens with one attached hydrogen (secondary N) is 1. The molecule has 122 valence electrons. The van der Waals surface area contributed by atoms with E-state index in [2.05, 4.69) is 5.32 Å². The Morgan fingerprint density at radius 2 is 1.67 bits per heavy atom. The van der Waals surface area contributed by atoms with Crippen molar-refractivity contribution in [1.82, 2.24) is 0 Å². The summed E-state index contributed by atoms with van der Waals surface area (Å²) < 4.78 is 10.5. The van der Waals surface area contributed by atoms with Crippen LogP contribution in [-0.2, 0) is 0 Å². The van der Waals surface area contributed by atoms with E-state index in [1.165, 1.54) is 13.2 Å². The van der Waals surface area contributed by atoms with Crippen LogP contribution in [-0.4, -0.2) is 25.2 Å². The molecule has 0 aliphatic rings. The summed E-state index contributed by atoms with van der Waals surface area (Å²) in [6.45, 7) is 0. The molecule has 0 atom stereocenters. The average molecular weight is 323 g/mol. The van der Waals surface area contributed by atoms with Crippen LogP contribution in [0.25, 0.3) is 10.8 Å². The molecule has 0 radical (unpaired) electrons. The average Bonchev–Trinajstić information content (AvgIpc) is 2.61. The monoisotopic (exact) mass is 323 g/mol. The van der Waals surface area contributed by atoms with E-state index in [1.807, 2.05) is 18.2 Å². The van der Waals surface area contributed by atoms with Crippen molar-refractivity contribution in [2.45, 2.75) is 0 Å². The quantitative estimate of drug-likeness (QED) is 0.766. The van der Waals surface area contributed by atoms with Crippen LogP contribution in [0.1, 0.15) is 10.4 Å². The first-order chi connectivity index (χ1) is 11.6. The predicted octanol–water partition coefficient (Wildman–Crippen LogP) is 3.81. The topological polar surface area (TPSA) is 67.8 Å². The number of phenols is 1. The molecule has 0 aliphatic heterocycles. The summed E-state index contributed by atoms with van der Waals surface area (Å²) in [5.41, 5.74) is 0.719. The highest BCUT2D eigenvalue weighted by molar-refractivity contribution is 6.09. The number of methoxy groups -OCH3 is 2. The number of phenolic OH excluding ortho intramolecular Hbond substituents is 1. The van der Waals surface area contributed by atoms with Crippen molar-refractivity contribution in [3.05, 3.63) is 60.2 Å². The van der Waals surface area contributed by atoms with Gasteiger partial charge in [-0.15, -0.1) is 0 Å². The van der Waals surface area contributed by atoms with Gasteiger partial charge >= 0.3 is 0 Å². The third kappa shape index (κ3) is 2.84. The van der Waals surface area contributed by atoms with Gasteiger partial charge < -0.3 is 19.9 Å². The number of ether oxygens (including phenoxy) is 2. The van der Waals surface area contributed by atoms with E-state index in [9.17, 15) is 9.90 Å². The highest BCUT2D eigenvalue weighted by Gasteiger charge is 2.15. The molecule has 0 unspecified atom stereocenters. The van der Waals surface area contributed by atoms with Gasteiger partial charge in [0.05, 0.1) is 25.5 Å². The van der Waals surface area contributed by atoms with Gasteiger partial charge in [-0.2, -0.15) is 0 Å². The van der Waals surface area contributed by atoms with Crippen LogP contribution in [0.5, 0.6) is 17.2 Å². The Labute approximate surface area is 139 Å². The van der Waals surface area contributed by atoms with Crippen molar-refractivity contribution < 1.29 is 19.4 Å². The Balaban J connectivity index is 1.99. The van der Waals surface area contributed by atoms with Crippen LogP contribution in [0.4, 0.5) is 5.69 Å². The van der Waals surface area contributed by atoms with Crippen molar-refractivity contribution in [2.75, 3.05) is 19.5 Å². The van der Waals surface area contributed by atoms with E-state index in [0.29, 0.717) is 17.2 Å². The Bertz CT molecular complexity index is 905. The molecular weight excluding hydrogens is 306 g/mol. The van der Waals surface area contributed by atoms with Gasteiger partial charge in [0.1, 0.15) is 17.2 Å². The molecule has 1 amide bonds. The summed E-state index contributed by atoms with van der Waals surface area (Å²) in [4.78, 5) is 12.5. The molecule has 2 N–H and O–H groups in total. The lowest BCUT2D eigenvalue weighted by atomic mass is 10.0. The number of aromatic hydroxyl groups is 1. The number of carbonyl (C=O) groups is 1. The molecule has 0 heterocycles. The van der Waals surface area contributed by atoms with Gasteiger partial charge in [-0.05, 0) is 35.7 Å². The highest BCUT2D eigenvalue weighted by atomic mass is 16.5. The highest BCUT2D eigenvalue weighted by Crippen LogP contribution is 2.32. The molecule has 5 nitrogen and oxygen atoms in total. The van der Waals surface area contributed by atoms with Crippen LogP contribution >= 0.6 is 0 Å². The van der Waals surface area contributed by atoms with E-state index in [4.69, 9.17) is 9.47 Å². The zero-order valence-corrected chi connectivity index (χ0v) is 13.4. The number of anilines is 1. The molecule has 0 aromatic heterocycles. The number of hydrogen-bond acceptors (Lipinski definition) is 4. The van der Waals surface area contributed by atoms with E-state index in [-0.39, 0.29) is 11.3 Å². The first-order valence-corrected chi connectivity index (χ1v) is 7.38. The summed E-state index contributed by atoms with van der Waals surface area (Å²) in [6.07, 6.45) is 0. The van der Waals surface area contributed by atoms with E-state index < -0.39 is 5.91 Å². The molecule has 3 aromatic carbocycles. The lowest BCUT2D eigenvalue weighted by molar-refractivity contribution is 0.102. The van der Waals surface area contributed by atoms with Crippen LogP contribution in [0.3, 0.4) is 0 Å². The van der Waals surface area contributed by atoms with Crippen LogP contribution in [0.2, 0.25) is 0 Å². The molecule has 0 aliphatic carbocycles. The molecule has 0 saturated heterocycles. The van der Waals surface area contributed by atoms with Gasteiger partial charge in [0.25, 0.3) is 5.91 Å². The van der Waals surface area contributed by atoms with Gasteiger partial charge in [-0.25, -0.2) is 0 Å². The first-order valence-electron chi connectivity index (χ1n) is 7.38. The standard InChI is InChI=1S/C19H17NO4/c1-23-17-9-5-6-12-10-14(16(21)11-13(12)17)19(22)20-15-7-3-4-8-18(15)24-2/h3-11,21H,1-2H3,(H,20,22). The van der Waals surface area contributed by atoms with Gasteiger partial charge in [0.2, 0.25) is 0 Å². The van der Waals surface area contributed by atoms with Crippen molar-refractivity contribution in [1.29, 1.82) is 0 Å². The fraction of sp³-hybridized carbons (Fsp3) is 0.105. The molecule has 0 fully saturated rings. The summed E-state index contributed by atoms with van der Waals surface area (Å²) >= 11 is 0. The van der Waals surface area contributed by atoms with E-state index >= 15 is 0 Å². The number of para-hydroxylation sites is 2. The largest absolute Gasteiger partial charge is 0.507 e. The third-order valence-electron chi connectivity index (χ3n) is 3.78. The summed E-state index contributed by atoms with van der Waals surface area (Å²) in [5, 5.41) is 14.6. The van der Waals surface area contributed by atoms with Gasteiger partial charge in [0, 0.05) is 5.39 Å². The Kier molecular flexibility index (Phi) is 4.24. The molecule has 0 saturated carbocycles. The fourth-order valence-electron chi connectivity index (χ4n) is 2.58. The normalized spacial score (nSPS) is 10.4. The minimum atomic E-state index is -0.415. The van der Waals surface area contributed by atoms with Crippen molar-refractivity contribution in [3.8, 4) is 17.2 Å². The molecule has 3 aromatic rings. The maximum atomic E-state index is 12.5. The second-order valence-corrected chi connectivity index (χ2v) is 5.21. The summed E-state index contributed by atoms with van der Waals surface area (Å²) in [6, 6.07) is 15.8. The van der Waals surface area contributed by atoms with Crippen molar-refractivity contribution in [3.63, 3.8) is 0 Å². The number of rotatable bonds is 4. The number of carbonyl (C=O) groups excluding carboxylic acids is 1. The molecule has 3 rings (SSSR count). The fourth-order valence-corrected chi connectivity index (χ4v) is 2.58. The van der Waals surface area contributed by atoms with Crippen molar-refractivity contribution >= 4 is 22.4 Å². The lowest BCUT2D eigenvalue weighted by Crippen LogP contribution is -2.13. The van der Waals surface area contributed by atoms with E-state index in [0.717, 1.165) is 10.8 Å². The maximum Gasteiger partial charge on any atom is 0.259 e. The van der Waals surface area contributed by atoms with Crippen LogP contribution in [0.15, 0.2) is 54.6 Å². The Morgan fingerprint density at radius 1 is 0.958 bits per heavy atom. The summed E-state index contributed by atoms with van der Waals surface area (Å²) in [5.74, 6) is 0.661. The number of amides is 1. The lowest BCUT2D eigenvalue weighted by Gasteiger charge is -2.12. The minimum absolute atomic E-state index is 0.112. The zero-order valence-electron chi connectivity index (χ0n) is 13.4. The van der Waals surface area contributed by atoms with Crippen molar-refractivity contribution in [2.24, 2.45) is 0 Å². The second kappa shape index (κ2) is 6.50. The molecular formula is C19H17NO4. The minimum Gasteiger partial charge on any atom is -0.507 e. The van der Waals surface area contributed by atoms with Gasteiger partial charge in [-0.3, -0.25) is 4.79 Å². The van der Waals surface area contributed by atoms with Crippen LogP contribution in [0, 0.1) is 0 Å². The molecule has 0 bridgehead atoms. The summed E-state index contributed by atoms with van der Waals surface area (Å²) in [7, 11) is 3.10. The zero-order chi connectivity index (χ0) is 17.1. The molecule has 24 heavy (non-hydrogen) atoms. The Morgan fingerprint density at radius 3 is 2.42 bits per heavy atom. The number of hydrogen-bond donors (Lipinski definition) is 2. The molecule has 5 heteroatoms. The first kappa shape index (κ1) is 15.7. The second-order valence-electron chi connectivity index (χ2n) is 5.21. The smallest absolute Gasteiger partial charge is 0.259 e. The third-order valence-corrected chi connectivity index (χ3v) is 3.78. The maximum absolute atomic E-state index is 12.5. The number of benzene rings is 3. The Hall–Kier alpha value is -3.21. The van der Waals surface area contributed by atoms with Gasteiger partial charge in [0.15, 0.2) is 0 Å². The van der Waals surface area contributed by atoms with E-state index in [1.54, 1.807) is 37.4 Å². The van der Waals surface area contributed by atoms with Crippen LogP contribution < -0.4 is 14.8 Å².